The Balaban J connectivity index is 2.42. The molecule has 0 unspecified atom stereocenters. The molecular formula is C18H25BrO3. The van der Waals surface area contributed by atoms with Gasteiger partial charge in [0.15, 0.2) is 0 Å². The quantitative estimate of drug-likeness (QED) is 0.346. The number of hydrogen-bond acceptors (Lipinski definition) is 3. The van der Waals surface area contributed by atoms with Gasteiger partial charge in [-0.05, 0) is 24.3 Å². The average Bonchev–Trinajstić information content (AvgIpc) is 2.47. The Labute approximate surface area is 141 Å². The molecule has 1 rings (SSSR count). The summed E-state index contributed by atoms with van der Waals surface area (Å²) < 4.78 is 11.1. The number of rotatable bonds is 10. The van der Waals surface area contributed by atoms with Crippen molar-refractivity contribution in [3.63, 3.8) is 0 Å². The molecule has 22 heavy (non-hydrogen) atoms. The van der Waals surface area contributed by atoms with E-state index in [-0.39, 0.29) is 12.1 Å². The van der Waals surface area contributed by atoms with Gasteiger partial charge in [0, 0.05) is 12.3 Å². The molecule has 3 nitrogen and oxygen atoms in total. The topological polar surface area (TPSA) is 35.5 Å². The first kappa shape index (κ1) is 18.9. The molecule has 0 saturated carbocycles. The molecule has 0 heterocycles. The van der Waals surface area contributed by atoms with Gasteiger partial charge in [0.25, 0.3) is 0 Å². The van der Waals surface area contributed by atoms with Crippen LogP contribution in [-0.2, 0) is 20.9 Å². The molecule has 0 spiro atoms. The Bertz CT molecular complexity index is 459. The fourth-order valence-corrected chi connectivity index (χ4v) is 2.58. The van der Waals surface area contributed by atoms with E-state index in [4.69, 9.17) is 9.47 Å². The van der Waals surface area contributed by atoms with Crippen LogP contribution in [0.15, 0.2) is 42.5 Å². The molecule has 0 radical (unpaired) electrons. The van der Waals surface area contributed by atoms with Gasteiger partial charge >= 0.3 is 5.97 Å². The second-order valence-corrected chi connectivity index (χ2v) is 6.22. The Morgan fingerprint density at radius 1 is 1.32 bits per heavy atom. The molecule has 1 aromatic carbocycles. The average molecular weight is 369 g/mol. The van der Waals surface area contributed by atoms with E-state index in [9.17, 15) is 4.79 Å². The fraction of sp³-hybridized carbons (Fsp3) is 0.500. The molecule has 0 bridgehead atoms. The van der Waals surface area contributed by atoms with Crippen LogP contribution in [0, 0.1) is 5.92 Å². The van der Waals surface area contributed by atoms with Crippen molar-refractivity contribution in [1.29, 1.82) is 0 Å². The largest absolute Gasteiger partial charge is 0.460 e. The van der Waals surface area contributed by atoms with E-state index in [1.165, 1.54) is 6.92 Å². The van der Waals surface area contributed by atoms with Gasteiger partial charge in [-0.15, -0.1) is 0 Å². The number of halogens is 1. The summed E-state index contributed by atoms with van der Waals surface area (Å²) in [6, 6.07) is 9.98. The lowest BCUT2D eigenvalue weighted by Gasteiger charge is -2.21. The third-order valence-electron chi connectivity index (χ3n) is 3.24. The summed E-state index contributed by atoms with van der Waals surface area (Å²) in [5.41, 5.74) is 2.27. The lowest BCUT2D eigenvalue weighted by Crippen LogP contribution is -2.25. The molecule has 1 aromatic rings. The van der Waals surface area contributed by atoms with E-state index in [0.717, 1.165) is 29.3 Å². The third kappa shape index (κ3) is 8.35. The van der Waals surface area contributed by atoms with Gasteiger partial charge in [-0.3, -0.25) is 4.79 Å². The lowest BCUT2D eigenvalue weighted by atomic mass is 9.97. The van der Waals surface area contributed by atoms with Crippen LogP contribution in [0.2, 0.25) is 0 Å². The zero-order chi connectivity index (χ0) is 16.4. The number of esters is 1. The number of carbonyl (C=O) groups is 1. The Morgan fingerprint density at radius 2 is 2.00 bits per heavy atom. The molecule has 0 aliphatic rings. The normalized spacial score (nSPS) is 13.4. The molecule has 0 saturated heterocycles. The number of allylic oxidation sites excluding steroid dienone is 1. The molecule has 2 atom stereocenters. The maximum absolute atomic E-state index is 11.2. The minimum atomic E-state index is -0.264. The summed E-state index contributed by atoms with van der Waals surface area (Å²) in [6.07, 6.45) is 1.49. The summed E-state index contributed by atoms with van der Waals surface area (Å²) in [5, 5.41) is 0.806. The molecular weight excluding hydrogens is 344 g/mol. The summed E-state index contributed by atoms with van der Waals surface area (Å²) in [4.78, 5) is 11.2. The van der Waals surface area contributed by atoms with E-state index < -0.39 is 0 Å². The first-order valence-corrected chi connectivity index (χ1v) is 8.65. The SMILES string of the molecule is C=C(CBr)C[C@H](C)C[C@@H](COCc1ccccc1)OC(C)=O. The molecule has 0 fully saturated rings. The maximum atomic E-state index is 11.2. The highest BCUT2D eigenvalue weighted by Gasteiger charge is 2.17. The highest BCUT2D eigenvalue weighted by Crippen LogP contribution is 2.19. The molecule has 4 heteroatoms. The zero-order valence-electron chi connectivity index (χ0n) is 13.4. The number of hydrogen-bond donors (Lipinski definition) is 0. The third-order valence-corrected chi connectivity index (χ3v) is 4.03. The molecule has 0 amide bonds. The van der Waals surface area contributed by atoms with Crippen LogP contribution in [0.1, 0.15) is 32.3 Å². The maximum Gasteiger partial charge on any atom is 0.302 e. The molecule has 0 N–H and O–H groups in total. The standard InChI is InChI=1S/C18H25BrO3/c1-14(9-15(2)11-19)10-18(22-16(3)20)13-21-12-17-7-5-4-6-8-17/h4-8,14,18H,2,9-13H2,1,3H3/t14-,18-/m0/s1. The van der Waals surface area contributed by atoms with Crippen molar-refractivity contribution in [2.75, 3.05) is 11.9 Å². The molecule has 0 aromatic heterocycles. The fourth-order valence-electron chi connectivity index (χ4n) is 2.35. The van der Waals surface area contributed by atoms with Crippen LogP contribution in [0.25, 0.3) is 0 Å². The lowest BCUT2D eigenvalue weighted by molar-refractivity contribution is -0.150. The van der Waals surface area contributed by atoms with Crippen LogP contribution >= 0.6 is 15.9 Å². The van der Waals surface area contributed by atoms with E-state index >= 15 is 0 Å². The van der Waals surface area contributed by atoms with Crippen molar-refractivity contribution < 1.29 is 14.3 Å². The second-order valence-electron chi connectivity index (χ2n) is 5.66. The number of alkyl halides is 1. The zero-order valence-corrected chi connectivity index (χ0v) is 15.0. The first-order chi connectivity index (χ1) is 10.5. The van der Waals surface area contributed by atoms with Gasteiger partial charge < -0.3 is 9.47 Å². The molecule has 0 aliphatic heterocycles. The van der Waals surface area contributed by atoms with E-state index in [2.05, 4.69) is 29.4 Å². The Kier molecular flexibility index (Phi) is 9.09. The monoisotopic (exact) mass is 368 g/mol. The van der Waals surface area contributed by atoms with Gasteiger partial charge in [0.1, 0.15) is 6.10 Å². The van der Waals surface area contributed by atoms with Gasteiger partial charge in [0.05, 0.1) is 13.2 Å². The molecule has 0 aliphatic carbocycles. The van der Waals surface area contributed by atoms with Crippen LogP contribution < -0.4 is 0 Å². The number of benzene rings is 1. The van der Waals surface area contributed by atoms with Gasteiger partial charge in [-0.25, -0.2) is 0 Å². The minimum Gasteiger partial charge on any atom is -0.460 e. The van der Waals surface area contributed by atoms with Gasteiger partial charge in [0.2, 0.25) is 0 Å². The van der Waals surface area contributed by atoms with Crippen molar-refractivity contribution in [3.8, 4) is 0 Å². The predicted molar refractivity (Wildman–Crippen MR) is 93.0 cm³/mol. The summed E-state index contributed by atoms with van der Waals surface area (Å²) >= 11 is 3.41. The van der Waals surface area contributed by atoms with E-state index in [1.54, 1.807) is 0 Å². The van der Waals surface area contributed by atoms with Crippen molar-refractivity contribution in [3.05, 3.63) is 48.0 Å². The highest BCUT2D eigenvalue weighted by atomic mass is 79.9. The van der Waals surface area contributed by atoms with Crippen LogP contribution in [-0.4, -0.2) is 24.0 Å². The summed E-state index contributed by atoms with van der Waals surface area (Å²) in [7, 11) is 0. The smallest absolute Gasteiger partial charge is 0.302 e. The Hall–Kier alpha value is -1.13. The first-order valence-electron chi connectivity index (χ1n) is 7.52. The summed E-state index contributed by atoms with van der Waals surface area (Å²) in [6.45, 7) is 8.52. The van der Waals surface area contributed by atoms with E-state index in [1.807, 2.05) is 30.3 Å². The van der Waals surface area contributed by atoms with Crippen LogP contribution in [0.4, 0.5) is 0 Å². The highest BCUT2D eigenvalue weighted by molar-refractivity contribution is 9.09. The molecule has 122 valence electrons. The van der Waals surface area contributed by atoms with Crippen LogP contribution in [0.5, 0.6) is 0 Å². The van der Waals surface area contributed by atoms with Gasteiger partial charge in [-0.1, -0.05) is 65.3 Å². The van der Waals surface area contributed by atoms with E-state index in [0.29, 0.717) is 19.1 Å². The summed E-state index contributed by atoms with van der Waals surface area (Å²) in [5.74, 6) is 0.134. The van der Waals surface area contributed by atoms with Crippen molar-refractivity contribution in [1.82, 2.24) is 0 Å². The van der Waals surface area contributed by atoms with Gasteiger partial charge in [-0.2, -0.15) is 0 Å². The number of ether oxygens (including phenoxy) is 2. The van der Waals surface area contributed by atoms with Crippen molar-refractivity contribution in [2.45, 2.75) is 39.4 Å². The van der Waals surface area contributed by atoms with Crippen molar-refractivity contribution in [2.24, 2.45) is 5.92 Å². The predicted octanol–water partition coefficient (Wildman–Crippen LogP) is 4.50. The second kappa shape index (κ2) is 10.6. The van der Waals surface area contributed by atoms with Crippen molar-refractivity contribution >= 4 is 21.9 Å². The number of carbonyl (C=O) groups excluding carboxylic acids is 1. The van der Waals surface area contributed by atoms with Crippen LogP contribution in [0.3, 0.4) is 0 Å². The minimum absolute atomic E-state index is 0.209. The Morgan fingerprint density at radius 3 is 2.59 bits per heavy atom.